The van der Waals surface area contributed by atoms with Crippen LogP contribution in [0.5, 0.6) is 0 Å². The van der Waals surface area contributed by atoms with E-state index in [4.69, 9.17) is 0 Å². The lowest BCUT2D eigenvalue weighted by atomic mass is 9.41. The van der Waals surface area contributed by atoms with Crippen molar-refractivity contribution in [1.29, 1.82) is 0 Å². The van der Waals surface area contributed by atoms with Gasteiger partial charge in [-0.05, 0) is 67.1 Å². The van der Waals surface area contributed by atoms with Gasteiger partial charge in [0.2, 0.25) is 0 Å². The molecule has 22 heavy (non-hydrogen) atoms. The molecule has 0 aromatic rings. The fraction of sp³-hybridized carbons (Fsp3) is 0.900. The molecule has 0 spiro atoms. The zero-order valence-electron chi connectivity index (χ0n) is 14.4. The number of carbonyl (C=O) groups excluding carboxylic acids is 2. The molecule has 0 aliphatic heterocycles. The van der Waals surface area contributed by atoms with Crippen molar-refractivity contribution in [1.82, 2.24) is 0 Å². The number of fused-ring (bicyclic) bond motifs is 5. The molecule has 0 heterocycles. The van der Waals surface area contributed by atoms with Gasteiger partial charge in [-0.1, -0.05) is 20.8 Å². The summed E-state index contributed by atoms with van der Waals surface area (Å²) in [4.78, 5) is 24.5. The van der Waals surface area contributed by atoms with Gasteiger partial charge >= 0.3 is 0 Å². The summed E-state index contributed by atoms with van der Waals surface area (Å²) in [5, 5.41) is 0. The SMILES string of the molecule is CC12CCC(=O)C[C@@]1(C)CCC1C2CC[C@]2(C)C(=O)CCC12. The second-order valence-corrected chi connectivity index (χ2v) is 9.53. The third-order valence-electron chi connectivity index (χ3n) is 8.88. The number of ketones is 2. The molecule has 2 nitrogen and oxygen atoms in total. The zero-order chi connectivity index (χ0) is 15.8. The van der Waals surface area contributed by atoms with E-state index in [-0.39, 0.29) is 10.8 Å². The maximum Gasteiger partial charge on any atom is 0.139 e. The Morgan fingerprint density at radius 2 is 1.64 bits per heavy atom. The van der Waals surface area contributed by atoms with Crippen LogP contribution < -0.4 is 0 Å². The van der Waals surface area contributed by atoms with Crippen molar-refractivity contribution in [2.45, 2.75) is 78.6 Å². The van der Waals surface area contributed by atoms with E-state index in [1.165, 1.54) is 19.3 Å². The first-order valence-corrected chi connectivity index (χ1v) is 9.35. The van der Waals surface area contributed by atoms with Gasteiger partial charge in [0.05, 0.1) is 0 Å². The first kappa shape index (κ1) is 14.9. The Kier molecular flexibility index (Phi) is 3.02. The number of rotatable bonds is 0. The smallest absolute Gasteiger partial charge is 0.139 e. The largest absolute Gasteiger partial charge is 0.300 e. The topological polar surface area (TPSA) is 34.1 Å². The maximum atomic E-state index is 12.4. The van der Waals surface area contributed by atoms with Gasteiger partial charge in [0.25, 0.3) is 0 Å². The Balaban J connectivity index is 1.69. The lowest BCUT2D eigenvalue weighted by Gasteiger charge is -2.63. The van der Waals surface area contributed by atoms with Gasteiger partial charge in [-0.2, -0.15) is 0 Å². The van der Waals surface area contributed by atoms with E-state index in [9.17, 15) is 9.59 Å². The van der Waals surface area contributed by atoms with Crippen LogP contribution >= 0.6 is 0 Å². The van der Waals surface area contributed by atoms with Crippen LogP contribution in [-0.4, -0.2) is 11.6 Å². The Labute approximate surface area is 134 Å². The minimum Gasteiger partial charge on any atom is -0.300 e. The maximum absolute atomic E-state index is 12.4. The molecule has 0 aromatic heterocycles. The van der Waals surface area contributed by atoms with Crippen LogP contribution in [0, 0.1) is 34.0 Å². The molecule has 2 heteroatoms. The highest BCUT2D eigenvalue weighted by Crippen LogP contribution is 2.68. The summed E-state index contributed by atoms with van der Waals surface area (Å²) >= 11 is 0. The highest BCUT2D eigenvalue weighted by Gasteiger charge is 2.63. The van der Waals surface area contributed by atoms with Crippen molar-refractivity contribution in [3.63, 3.8) is 0 Å². The first-order chi connectivity index (χ1) is 10.3. The fourth-order valence-corrected chi connectivity index (χ4v) is 7.17. The lowest BCUT2D eigenvalue weighted by molar-refractivity contribution is -0.163. The quantitative estimate of drug-likeness (QED) is 0.657. The number of hydrogen-bond donors (Lipinski definition) is 0. The molecule has 0 amide bonds. The van der Waals surface area contributed by atoms with Crippen molar-refractivity contribution in [3.05, 3.63) is 0 Å². The van der Waals surface area contributed by atoms with Gasteiger partial charge in [0.15, 0.2) is 0 Å². The van der Waals surface area contributed by atoms with Gasteiger partial charge in [0, 0.05) is 24.7 Å². The minimum absolute atomic E-state index is 0.0181. The van der Waals surface area contributed by atoms with Crippen LogP contribution in [0.1, 0.15) is 78.6 Å². The van der Waals surface area contributed by atoms with E-state index < -0.39 is 0 Å². The van der Waals surface area contributed by atoms with Gasteiger partial charge in [0.1, 0.15) is 11.6 Å². The second-order valence-electron chi connectivity index (χ2n) is 9.53. The molecule has 4 rings (SSSR count). The Hall–Kier alpha value is -0.660. The van der Waals surface area contributed by atoms with E-state index in [0.717, 1.165) is 50.4 Å². The number of Topliss-reactive ketones (excluding diaryl/α,β-unsaturated/α-hetero) is 2. The van der Waals surface area contributed by atoms with Crippen LogP contribution in [-0.2, 0) is 9.59 Å². The van der Waals surface area contributed by atoms with E-state index in [1.54, 1.807) is 0 Å². The number of carbonyl (C=O) groups is 2. The molecular weight excluding hydrogens is 272 g/mol. The highest BCUT2D eigenvalue weighted by atomic mass is 16.1. The van der Waals surface area contributed by atoms with Crippen LogP contribution in [0.3, 0.4) is 0 Å². The second kappa shape index (κ2) is 4.45. The van der Waals surface area contributed by atoms with Gasteiger partial charge < -0.3 is 0 Å². The van der Waals surface area contributed by atoms with Crippen molar-refractivity contribution in [3.8, 4) is 0 Å². The molecule has 122 valence electrons. The summed E-state index contributed by atoms with van der Waals surface area (Å²) in [6.07, 6.45) is 9.36. The first-order valence-electron chi connectivity index (χ1n) is 9.35. The number of hydrogen-bond acceptors (Lipinski definition) is 2. The van der Waals surface area contributed by atoms with E-state index in [0.29, 0.717) is 22.9 Å². The molecule has 6 atom stereocenters. The fourth-order valence-electron chi connectivity index (χ4n) is 7.17. The highest BCUT2D eigenvalue weighted by molar-refractivity contribution is 5.87. The Morgan fingerprint density at radius 1 is 0.864 bits per heavy atom. The summed E-state index contributed by atoms with van der Waals surface area (Å²) in [6, 6.07) is 0. The van der Waals surface area contributed by atoms with Gasteiger partial charge in [-0.3, -0.25) is 9.59 Å². The van der Waals surface area contributed by atoms with Crippen LogP contribution in [0.2, 0.25) is 0 Å². The lowest BCUT2D eigenvalue weighted by Crippen LogP contribution is -2.57. The average molecular weight is 302 g/mol. The monoisotopic (exact) mass is 302 g/mol. The van der Waals surface area contributed by atoms with Crippen LogP contribution in [0.4, 0.5) is 0 Å². The molecule has 4 unspecified atom stereocenters. The predicted octanol–water partition coefficient (Wildman–Crippen LogP) is 4.56. The van der Waals surface area contributed by atoms with Crippen molar-refractivity contribution >= 4 is 11.6 Å². The Morgan fingerprint density at radius 3 is 2.41 bits per heavy atom. The summed E-state index contributed by atoms with van der Waals surface area (Å²) in [7, 11) is 0. The van der Waals surface area contributed by atoms with Crippen molar-refractivity contribution in [2.75, 3.05) is 0 Å². The molecule has 4 aliphatic rings. The Bertz CT molecular complexity index is 538. The van der Waals surface area contributed by atoms with Gasteiger partial charge in [-0.15, -0.1) is 0 Å². The predicted molar refractivity (Wildman–Crippen MR) is 86.4 cm³/mol. The third-order valence-corrected chi connectivity index (χ3v) is 8.88. The summed E-state index contributed by atoms with van der Waals surface area (Å²) in [5.74, 6) is 3.11. The summed E-state index contributed by atoms with van der Waals surface area (Å²) in [6.45, 7) is 7.12. The standard InChI is InChI=1S/C20H30O2/c1-18-9-7-14-15-4-5-17(22)19(15,2)10-8-16(14)20(18,3)11-6-13(21)12-18/h14-16H,4-12H2,1-3H3/t14?,15?,16?,18-,19+,20?/m1/s1. The normalized spacial score (nSPS) is 54.6. The zero-order valence-corrected chi connectivity index (χ0v) is 14.4. The molecule has 4 saturated carbocycles. The van der Waals surface area contributed by atoms with E-state index in [2.05, 4.69) is 20.8 Å². The molecule has 4 fully saturated rings. The van der Waals surface area contributed by atoms with E-state index >= 15 is 0 Å². The van der Waals surface area contributed by atoms with Gasteiger partial charge in [-0.25, -0.2) is 0 Å². The molecule has 0 N–H and O–H groups in total. The van der Waals surface area contributed by atoms with E-state index in [1.807, 2.05) is 0 Å². The third kappa shape index (κ3) is 1.67. The minimum atomic E-state index is -0.0181. The molecule has 4 aliphatic carbocycles. The van der Waals surface area contributed by atoms with Crippen LogP contribution in [0.15, 0.2) is 0 Å². The molecular formula is C20H30O2. The summed E-state index contributed by atoms with van der Waals surface area (Å²) < 4.78 is 0. The van der Waals surface area contributed by atoms with Crippen molar-refractivity contribution < 1.29 is 9.59 Å². The average Bonchev–Trinajstić information content (AvgIpc) is 2.76. The molecule has 0 radical (unpaired) electrons. The summed E-state index contributed by atoms with van der Waals surface area (Å²) in [5.41, 5.74) is 0.506. The van der Waals surface area contributed by atoms with Crippen LogP contribution in [0.25, 0.3) is 0 Å². The molecule has 0 bridgehead atoms. The molecule has 0 saturated heterocycles. The molecule has 0 aromatic carbocycles. The van der Waals surface area contributed by atoms with Crippen molar-refractivity contribution in [2.24, 2.45) is 34.0 Å².